The van der Waals surface area contributed by atoms with E-state index in [1.165, 1.54) is 12.3 Å². The molecular weight excluding hydrogens is 228 g/mol. The molecule has 0 aliphatic heterocycles. The Bertz CT molecular complexity index is 408. The van der Waals surface area contributed by atoms with E-state index in [0.717, 1.165) is 0 Å². The Kier molecular flexibility index (Phi) is 3.62. The Morgan fingerprint density at radius 2 is 2.29 bits per heavy atom. The minimum atomic E-state index is -3.59. The van der Waals surface area contributed by atoms with Crippen molar-refractivity contribution in [3.63, 3.8) is 0 Å². The lowest BCUT2D eigenvalue weighted by atomic mass is 10.7. The van der Waals surface area contributed by atoms with Gasteiger partial charge in [0.1, 0.15) is 5.15 Å². The van der Waals surface area contributed by atoms with Crippen LogP contribution in [0, 0.1) is 0 Å². The molecule has 0 aliphatic rings. The summed E-state index contributed by atoms with van der Waals surface area (Å²) in [6, 6.07) is 1.45. The van der Waals surface area contributed by atoms with E-state index < -0.39 is 10.2 Å². The maximum Gasteiger partial charge on any atom is 0.301 e. The Morgan fingerprint density at radius 1 is 1.57 bits per heavy atom. The minimum absolute atomic E-state index is 0.0570. The summed E-state index contributed by atoms with van der Waals surface area (Å²) in [7, 11) is -3.59. The normalized spacial score (nSPS) is 11.3. The molecule has 1 rings (SSSR count). The fourth-order valence-corrected chi connectivity index (χ4v) is 1.66. The van der Waals surface area contributed by atoms with Crippen LogP contribution in [0.15, 0.2) is 12.3 Å². The van der Waals surface area contributed by atoms with Crippen molar-refractivity contribution in [3.8, 4) is 0 Å². The van der Waals surface area contributed by atoms with E-state index in [0.29, 0.717) is 0 Å². The summed E-state index contributed by atoms with van der Waals surface area (Å²) in [6.07, 6.45) is 1.36. The Morgan fingerprint density at radius 3 is 2.86 bits per heavy atom. The van der Waals surface area contributed by atoms with Crippen molar-refractivity contribution in [2.24, 2.45) is 0 Å². The quantitative estimate of drug-likeness (QED) is 0.741. The molecule has 0 radical (unpaired) electrons. The zero-order valence-corrected chi connectivity index (χ0v) is 8.93. The van der Waals surface area contributed by atoms with E-state index in [1.54, 1.807) is 6.92 Å². The zero-order valence-electron chi connectivity index (χ0n) is 7.36. The molecule has 0 fully saturated rings. The first-order chi connectivity index (χ1) is 6.53. The van der Waals surface area contributed by atoms with Crippen molar-refractivity contribution in [2.75, 3.05) is 11.3 Å². The number of rotatable bonds is 4. The van der Waals surface area contributed by atoms with Gasteiger partial charge in [-0.3, -0.25) is 0 Å². The van der Waals surface area contributed by atoms with E-state index in [4.69, 9.17) is 11.6 Å². The average Bonchev–Trinajstić information content (AvgIpc) is 2.02. The van der Waals surface area contributed by atoms with E-state index in [-0.39, 0.29) is 17.6 Å². The second-order valence-corrected chi connectivity index (χ2v) is 4.19. The summed E-state index contributed by atoms with van der Waals surface area (Å²) in [5.74, 6) is -0.0570. The van der Waals surface area contributed by atoms with Gasteiger partial charge >= 0.3 is 10.2 Å². The van der Waals surface area contributed by atoms with Gasteiger partial charge in [-0.05, 0) is 6.07 Å². The van der Waals surface area contributed by atoms with Gasteiger partial charge in [-0.1, -0.05) is 18.5 Å². The number of nitrogens with one attached hydrogen (secondary N) is 2. The summed E-state index contributed by atoms with van der Waals surface area (Å²) in [5, 5.41) is 0.175. The Hall–Kier alpha value is -0.920. The molecule has 1 heterocycles. The average molecular weight is 237 g/mol. The molecule has 1 aromatic rings. The van der Waals surface area contributed by atoms with Gasteiger partial charge in [0, 0.05) is 12.7 Å². The van der Waals surface area contributed by atoms with Crippen LogP contribution in [0.25, 0.3) is 0 Å². The number of nitrogens with zero attached hydrogens (tertiary/aromatic N) is 2. The fourth-order valence-electron chi connectivity index (χ4n) is 0.732. The maximum absolute atomic E-state index is 11.2. The predicted molar refractivity (Wildman–Crippen MR) is 53.3 cm³/mol. The molecule has 0 bridgehead atoms. The Balaban J connectivity index is 2.79. The molecule has 0 amide bonds. The summed E-state index contributed by atoms with van der Waals surface area (Å²) in [6.45, 7) is 1.95. The lowest BCUT2D eigenvalue weighted by Gasteiger charge is -2.05. The molecule has 1 aromatic heterocycles. The molecule has 0 atom stereocenters. The van der Waals surface area contributed by atoms with Crippen LogP contribution in [-0.4, -0.2) is 24.9 Å². The molecule has 14 heavy (non-hydrogen) atoms. The largest absolute Gasteiger partial charge is 0.301 e. The molecule has 6 nitrogen and oxygen atoms in total. The van der Waals surface area contributed by atoms with Crippen molar-refractivity contribution < 1.29 is 8.42 Å². The third kappa shape index (κ3) is 3.44. The number of aromatic nitrogens is 2. The van der Waals surface area contributed by atoms with Gasteiger partial charge in [0.2, 0.25) is 5.95 Å². The molecule has 0 saturated heterocycles. The number of halogens is 1. The highest BCUT2D eigenvalue weighted by molar-refractivity contribution is 7.90. The molecule has 0 saturated carbocycles. The highest BCUT2D eigenvalue weighted by atomic mass is 35.5. The minimum Gasteiger partial charge on any atom is -0.238 e. The van der Waals surface area contributed by atoms with Gasteiger partial charge in [-0.15, -0.1) is 0 Å². The maximum atomic E-state index is 11.2. The molecular formula is C6H9ClN4O2S. The standard InChI is InChI=1S/C6H9ClN4O2S/c1-2-9-14(12,13)11-6-8-4-3-5(7)10-6/h3-4,9H,2H2,1H3,(H,8,10,11). The van der Waals surface area contributed by atoms with Crippen LogP contribution in [0.4, 0.5) is 5.95 Å². The molecule has 0 aromatic carbocycles. The van der Waals surface area contributed by atoms with Gasteiger partial charge in [0.15, 0.2) is 0 Å². The van der Waals surface area contributed by atoms with E-state index in [2.05, 4.69) is 19.4 Å². The highest BCUT2D eigenvalue weighted by Crippen LogP contribution is 2.06. The van der Waals surface area contributed by atoms with Gasteiger partial charge in [0.05, 0.1) is 0 Å². The third-order valence-corrected chi connectivity index (χ3v) is 2.51. The second-order valence-electron chi connectivity index (χ2n) is 2.31. The Labute approximate surface area is 86.9 Å². The van der Waals surface area contributed by atoms with Crippen molar-refractivity contribution in [1.29, 1.82) is 0 Å². The van der Waals surface area contributed by atoms with E-state index >= 15 is 0 Å². The number of hydrogen-bond donors (Lipinski definition) is 2. The lowest BCUT2D eigenvalue weighted by molar-refractivity contribution is 0.589. The van der Waals surface area contributed by atoms with Crippen molar-refractivity contribution in [1.82, 2.24) is 14.7 Å². The van der Waals surface area contributed by atoms with Crippen molar-refractivity contribution in [2.45, 2.75) is 6.92 Å². The monoisotopic (exact) mass is 236 g/mol. The smallest absolute Gasteiger partial charge is 0.238 e. The van der Waals surface area contributed by atoms with Crippen LogP contribution in [0.5, 0.6) is 0 Å². The van der Waals surface area contributed by atoms with Crippen molar-refractivity contribution >= 4 is 27.8 Å². The third-order valence-electron chi connectivity index (χ3n) is 1.18. The van der Waals surface area contributed by atoms with E-state index in [9.17, 15) is 8.42 Å². The summed E-state index contributed by atoms with van der Waals surface area (Å²) < 4.78 is 26.7. The number of hydrogen-bond acceptors (Lipinski definition) is 4. The first kappa shape index (κ1) is 11.2. The molecule has 78 valence electrons. The van der Waals surface area contributed by atoms with E-state index in [1.807, 2.05) is 0 Å². The van der Waals surface area contributed by atoms with Crippen molar-refractivity contribution in [3.05, 3.63) is 17.4 Å². The van der Waals surface area contributed by atoms with Crippen LogP contribution in [0.2, 0.25) is 5.15 Å². The van der Waals surface area contributed by atoms with Gasteiger partial charge in [-0.2, -0.15) is 13.1 Å². The first-order valence-corrected chi connectivity index (χ1v) is 5.65. The SMILES string of the molecule is CCNS(=O)(=O)Nc1nccc(Cl)n1. The van der Waals surface area contributed by atoms with Crippen LogP contribution in [0.1, 0.15) is 6.92 Å². The summed E-state index contributed by atoms with van der Waals surface area (Å²) in [5.41, 5.74) is 0. The molecule has 2 N–H and O–H groups in total. The summed E-state index contributed by atoms with van der Waals surface area (Å²) >= 11 is 5.54. The second kappa shape index (κ2) is 4.54. The van der Waals surface area contributed by atoms with Crippen LogP contribution >= 0.6 is 11.6 Å². The lowest BCUT2D eigenvalue weighted by Crippen LogP contribution is -2.30. The molecule has 0 aliphatic carbocycles. The van der Waals surface area contributed by atoms with Gasteiger partial charge < -0.3 is 0 Å². The predicted octanol–water partition coefficient (Wildman–Crippen LogP) is 0.396. The van der Waals surface area contributed by atoms with Crippen LogP contribution < -0.4 is 9.44 Å². The number of anilines is 1. The van der Waals surface area contributed by atoms with Crippen LogP contribution in [-0.2, 0) is 10.2 Å². The summed E-state index contributed by atoms with van der Waals surface area (Å²) in [4.78, 5) is 7.35. The first-order valence-electron chi connectivity index (χ1n) is 3.79. The molecule has 0 spiro atoms. The van der Waals surface area contributed by atoms with Crippen LogP contribution in [0.3, 0.4) is 0 Å². The molecule has 0 unspecified atom stereocenters. The molecule has 8 heteroatoms. The highest BCUT2D eigenvalue weighted by Gasteiger charge is 2.09. The van der Waals surface area contributed by atoms with Gasteiger partial charge in [-0.25, -0.2) is 14.7 Å². The zero-order chi connectivity index (χ0) is 10.6. The fraction of sp³-hybridized carbons (Fsp3) is 0.333. The van der Waals surface area contributed by atoms with Gasteiger partial charge in [0.25, 0.3) is 0 Å². The topological polar surface area (TPSA) is 84.0 Å².